The van der Waals surface area contributed by atoms with Crippen LogP contribution in [0.4, 0.5) is 29.3 Å². The van der Waals surface area contributed by atoms with E-state index in [4.69, 9.17) is 4.74 Å². The van der Waals surface area contributed by atoms with Crippen molar-refractivity contribution in [2.75, 3.05) is 17.2 Å². The Bertz CT molecular complexity index is 1430. The van der Waals surface area contributed by atoms with Gasteiger partial charge in [-0.3, -0.25) is 9.78 Å². The van der Waals surface area contributed by atoms with Gasteiger partial charge >= 0.3 is 12.2 Å². The summed E-state index contributed by atoms with van der Waals surface area (Å²) in [6.07, 6.45) is -1.86. The van der Waals surface area contributed by atoms with Crippen molar-refractivity contribution in [3.05, 3.63) is 114 Å². The number of hydrogen-bond acceptors (Lipinski definition) is 5. The van der Waals surface area contributed by atoms with Gasteiger partial charge in [0.05, 0.1) is 5.56 Å². The van der Waals surface area contributed by atoms with Crippen LogP contribution in [-0.2, 0) is 6.18 Å². The van der Waals surface area contributed by atoms with Crippen molar-refractivity contribution >= 4 is 23.3 Å². The molecule has 0 fully saturated rings. The van der Waals surface area contributed by atoms with Gasteiger partial charge in [0.25, 0.3) is 5.91 Å². The molecule has 0 saturated heterocycles. The van der Waals surface area contributed by atoms with E-state index in [1.165, 1.54) is 48.8 Å². The summed E-state index contributed by atoms with van der Waals surface area (Å²) in [5.41, 5.74) is 1.00. The Morgan fingerprint density at radius 3 is 2.23 bits per heavy atom. The largest absolute Gasteiger partial charge is 0.508 e. The summed E-state index contributed by atoms with van der Waals surface area (Å²) < 4.78 is 45.3. The molecule has 4 rings (SSSR count). The fraction of sp³-hybridized carbons (Fsp3) is 0.138. The minimum atomic E-state index is -4.48. The second kappa shape index (κ2) is 12.7. The van der Waals surface area contributed by atoms with E-state index >= 15 is 0 Å². The number of benzene rings is 3. The Labute approximate surface area is 227 Å². The first kappa shape index (κ1) is 28.0. The highest BCUT2D eigenvalue weighted by molar-refractivity contribution is 6.04. The van der Waals surface area contributed by atoms with E-state index in [-0.39, 0.29) is 18.7 Å². The van der Waals surface area contributed by atoms with E-state index in [0.29, 0.717) is 28.3 Å². The number of amides is 3. The molecule has 0 spiro atoms. The standard InChI is InChI=1S/C29H25F3N4O4/c30-29(31,32)21-8-4-19(5-9-21)26(14-17-34-28(39)36-22-12-15-33-16-13-22)40-25-10-6-20(7-11-25)27(38)35-23-2-1-3-24(37)18-23/h1-13,15-16,18,26,37H,14,17H2,(H,35,38)(H2,33,34,36,39). The third-order valence-corrected chi connectivity index (χ3v) is 5.74. The molecule has 0 aliphatic heterocycles. The maximum absolute atomic E-state index is 13.1. The number of carbonyl (C=O) groups excluding carboxylic acids is 2. The second-order valence-electron chi connectivity index (χ2n) is 8.66. The monoisotopic (exact) mass is 550 g/mol. The molecule has 1 unspecified atom stereocenters. The summed E-state index contributed by atoms with van der Waals surface area (Å²) >= 11 is 0. The SMILES string of the molecule is O=C(NCCC(Oc1ccc(C(=O)Nc2cccc(O)c2)cc1)c1ccc(C(F)(F)F)cc1)Nc1ccncc1. The number of pyridine rings is 1. The lowest BCUT2D eigenvalue weighted by Gasteiger charge is -2.21. The molecule has 40 heavy (non-hydrogen) atoms. The Hall–Kier alpha value is -5.06. The number of aromatic nitrogens is 1. The van der Waals surface area contributed by atoms with Crippen molar-refractivity contribution in [3.63, 3.8) is 0 Å². The van der Waals surface area contributed by atoms with E-state index in [0.717, 1.165) is 12.1 Å². The van der Waals surface area contributed by atoms with Gasteiger partial charge in [-0.25, -0.2) is 4.79 Å². The van der Waals surface area contributed by atoms with Gasteiger partial charge in [-0.15, -0.1) is 0 Å². The van der Waals surface area contributed by atoms with Gasteiger partial charge in [0.1, 0.15) is 17.6 Å². The highest BCUT2D eigenvalue weighted by Crippen LogP contribution is 2.32. The number of phenolic OH excluding ortho intramolecular Hbond substituents is 1. The lowest BCUT2D eigenvalue weighted by molar-refractivity contribution is -0.137. The molecule has 0 radical (unpaired) electrons. The predicted molar refractivity (Wildman–Crippen MR) is 143 cm³/mol. The van der Waals surface area contributed by atoms with Crippen molar-refractivity contribution in [1.29, 1.82) is 0 Å². The maximum Gasteiger partial charge on any atom is 0.416 e. The lowest BCUT2D eigenvalue weighted by Crippen LogP contribution is -2.30. The number of carbonyl (C=O) groups is 2. The predicted octanol–water partition coefficient (Wildman–Crippen LogP) is 6.39. The van der Waals surface area contributed by atoms with Gasteiger partial charge in [0.15, 0.2) is 0 Å². The minimum Gasteiger partial charge on any atom is -0.508 e. The zero-order chi connectivity index (χ0) is 28.5. The zero-order valence-corrected chi connectivity index (χ0v) is 21.0. The van der Waals surface area contributed by atoms with Gasteiger partial charge in [0.2, 0.25) is 0 Å². The fourth-order valence-electron chi connectivity index (χ4n) is 3.74. The highest BCUT2D eigenvalue weighted by atomic mass is 19.4. The van der Waals surface area contributed by atoms with Crippen LogP contribution in [0, 0.1) is 0 Å². The average molecular weight is 551 g/mol. The fourth-order valence-corrected chi connectivity index (χ4v) is 3.74. The van der Waals surface area contributed by atoms with E-state index < -0.39 is 29.8 Å². The van der Waals surface area contributed by atoms with Crippen molar-refractivity contribution in [2.24, 2.45) is 0 Å². The number of anilines is 2. The lowest BCUT2D eigenvalue weighted by atomic mass is 10.0. The smallest absolute Gasteiger partial charge is 0.416 e. The summed E-state index contributed by atoms with van der Waals surface area (Å²) in [7, 11) is 0. The first-order valence-corrected chi connectivity index (χ1v) is 12.2. The van der Waals surface area contributed by atoms with Crippen molar-refractivity contribution in [1.82, 2.24) is 10.3 Å². The molecule has 206 valence electrons. The van der Waals surface area contributed by atoms with Crippen molar-refractivity contribution in [3.8, 4) is 11.5 Å². The molecule has 1 heterocycles. The third-order valence-electron chi connectivity index (χ3n) is 5.74. The highest BCUT2D eigenvalue weighted by Gasteiger charge is 2.30. The van der Waals surface area contributed by atoms with Crippen LogP contribution in [0.5, 0.6) is 11.5 Å². The number of rotatable bonds is 9. The second-order valence-corrected chi connectivity index (χ2v) is 8.66. The number of ether oxygens (including phenoxy) is 1. The van der Waals surface area contributed by atoms with Gasteiger partial charge in [-0.2, -0.15) is 13.2 Å². The van der Waals surface area contributed by atoms with Crippen LogP contribution >= 0.6 is 0 Å². The van der Waals surface area contributed by atoms with Crippen LogP contribution in [0.3, 0.4) is 0 Å². The summed E-state index contributed by atoms with van der Waals surface area (Å²) in [6.45, 7) is 0.160. The van der Waals surface area contributed by atoms with E-state index in [1.807, 2.05) is 0 Å². The summed E-state index contributed by atoms with van der Waals surface area (Å²) in [4.78, 5) is 28.7. The molecule has 1 aromatic heterocycles. The summed E-state index contributed by atoms with van der Waals surface area (Å²) in [5.74, 6) is -0.0129. The first-order chi connectivity index (χ1) is 19.2. The number of nitrogens with zero attached hydrogens (tertiary/aromatic N) is 1. The van der Waals surface area contributed by atoms with E-state index in [9.17, 15) is 27.9 Å². The van der Waals surface area contributed by atoms with Gasteiger partial charge in [-0.1, -0.05) is 18.2 Å². The van der Waals surface area contributed by atoms with Crippen LogP contribution < -0.4 is 20.7 Å². The quantitative estimate of drug-likeness (QED) is 0.193. The van der Waals surface area contributed by atoms with Gasteiger partial charge in [0, 0.05) is 48.4 Å². The molecule has 4 aromatic rings. The summed E-state index contributed by atoms with van der Waals surface area (Å²) in [6, 6.07) is 19.8. The Kier molecular flexibility index (Phi) is 8.85. The van der Waals surface area contributed by atoms with Gasteiger partial charge in [-0.05, 0) is 66.2 Å². The zero-order valence-electron chi connectivity index (χ0n) is 21.0. The molecule has 0 aliphatic rings. The van der Waals surface area contributed by atoms with Crippen LogP contribution in [-0.4, -0.2) is 28.6 Å². The van der Waals surface area contributed by atoms with Gasteiger partial charge < -0.3 is 25.8 Å². The van der Waals surface area contributed by atoms with Crippen LogP contribution in [0.1, 0.15) is 34.0 Å². The van der Waals surface area contributed by atoms with Crippen LogP contribution in [0.25, 0.3) is 0 Å². The average Bonchev–Trinajstić information content (AvgIpc) is 2.93. The molecular formula is C29H25F3N4O4. The normalized spacial score (nSPS) is 11.8. The first-order valence-electron chi connectivity index (χ1n) is 12.2. The maximum atomic E-state index is 13.1. The number of hydrogen-bond donors (Lipinski definition) is 4. The molecule has 11 heteroatoms. The Morgan fingerprint density at radius 2 is 1.57 bits per heavy atom. The molecule has 3 aromatic carbocycles. The third kappa shape index (κ3) is 7.97. The van der Waals surface area contributed by atoms with Crippen LogP contribution in [0.15, 0.2) is 97.3 Å². The number of nitrogens with one attached hydrogen (secondary N) is 3. The van der Waals surface area contributed by atoms with E-state index in [2.05, 4.69) is 20.9 Å². The van der Waals surface area contributed by atoms with E-state index in [1.54, 1.807) is 36.4 Å². The number of alkyl halides is 3. The molecule has 1 atom stereocenters. The molecule has 4 N–H and O–H groups in total. The molecule has 0 aliphatic carbocycles. The number of halogens is 3. The van der Waals surface area contributed by atoms with Crippen molar-refractivity contribution in [2.45, 2.75) is 18.7 Å². The number of phenols is 1. The molecule has 0 bridgehead atoms. The number of aromatic hydroxyl groups is 1. The molecule has 8 nitrogen and oxygen atoms in total. The van der Waals surface area contributed by atoms with Crippen molar-refractivity contribution < 1.29 is 32.6 Å². The van der Waals surface area contributed by atoms with Crippen LogP contribution in [0.2, 0.25) is 0 Å². The minimum absolute atomic E-state index is 0.0141. The number of urea groups is 1. The molecule has 3 amide bonds. The Balaban J connectivity index is 1.43. The summed E-state index contributed by atoms with van der Waals surface area (Å²) in [5, 5.41) is 17.6. The molecular weight excluding hydrogens is 525 g/mol. The topological polar surface area (TPSA) is 113 Å². The Morgan fingerprint density at radius 1 is 0.875 bits per heavy atom. The molecule has 0 saturated carbocycles.